The molecule has 0 aliphatic carbocycles. The molecule has 2 heterocycles. The van der Waals surface area contributed by atoms with E-state index < -0.39 is 96.6 Å². The number of unbranched alkanes of at least 4 members (excludes halogenated alkanes) is 3. The highest BCUT2D eigenvalue weighted by Gasteiger charge is 2.75. The highest BCUT2D eigenvalue weighted by molar-refractivity contribution is 7.87. The Morgan fingerprint density at radius 3 is 2.29 bits per heavy atom. The summed E-state index contributed by atoms with van der Waals surface area (Å²) >= 11 is 0. The lowest BCUT2D eigenvalue weighted by Gasteiger charge is -2.50. The monoisotopic (exact) mass is 791 g/mol. The van der Waals surface area contributed by atoms with Gasteiger partial charge in [-0.2, -0.15) is 43.5 Å². The first-order valence-corrected chi connectivity index (χ1v) is 21.6. The average Bonchev–Trinajstić information content (AvgIpc) is 2.97. The molecular formula is C31H49F8NO9SSi. The van der Waals surface area contributed by atoms with Crippen molar-refractivity contribution >= 4 is 24.1 Å². The predicted molar refractivity (Wildman–Crippen MR) is 171 cm³/mol. The van der Waals surface area contributed by atoms with Crippen molar-refractivity contribution in [3.8, 4) is 0 Å². The number of nitrogens with one attached hydrogen (secondary N) is 1. The number of carbonyl (C=O) groups excluding carboxylic acids is 1. The van der Waals surface area contributed by atoms with Crippen molar-refractivity contribution in [2.45, 2.75) is 145 Å². The summed E-state index contributed by atoms with van der Waals surface area (Å²) in [5, 5.41) is -4.13. The molecule has 20 heteroatoms. The normalized spacial score (nSPS) is 24.8. The smallest absolute Gasteiger partial charge is 0.356 e. The minimum Gasteiger partial charge on any atom is -0.356 e. The first kappa shape index (κ1) is 45.5. The van der Waals surface area contributed by atoms with Crippen LogP contribution in [0.3, 0.4) is 0 Å². The molecule has 0 saturated carbocycles. The van der Waals surface area contributed by atoms with Crippen molar-refractivity contribution in [1.82, 2.24) is 5.32 Å². The second kappa shape index (κ2) is 17.7. The molecule has 51 heavy (non-hydrogen) atoms. The second-order valence-electron chi connectivity index (χ2n) is 14.2. The van der Waals surface area contributed by atoms with E-state index in [1.165, 1.54) is 20.8 Å². The molecule has 2 aliphatic heterocycles. The topological polar surface area (TPSA) is 119 Å². The molecule has 2 unspecified atom stereocenters. The fraction of sp³-hybridized carbons (Fsp3) is 0.871. The SMILES string of the molecule is C=C=CCCCCNC(=O)CCCCC(F)(F)C(F)(F)OC(F)(F)C(F)(F)S(=O)(=O)OC1[C@H](OCC[Si](C)(C)C)OC2COC(C)(C)O[C@H]2[C@@H]1C. The largest absolute Gasteiger partial charge is 0.460 e. The van der Waals surface area contributed by atoms with Crippen LogP contribution in [0.4, 0.5) is 35.1 Å². The number of hydrogen-bond acceptors (Lipinski definition) is 9. The number of halogens is 8. The number of carbonyl (C=O) groups is 1. The van der Waals surface area contributed by atoms with Crippen LogP contribution in [0, 0.1) is 5.92 Å². The standard InChI is InChI=1S/C31H49F8NO9SSi/c1-8-9-10-11-14-17-40-23(41)15-12-13-16-28(32,33)29(34,35)49-30(36,37)31(38,39)50(42,43)48-25-21(2)24-22(20-45-27(3,4)47-24)46-26(25)44-18-19-51(5,6)7/h9,21-22,24-26H,1,10-20H2,2-7H3,(H,40,41)/t21-,22?,24-,25?,26+/m0/s1. The van der Waals surface area contributed by atoms with Crippen LogP contribution in [0.15, 0.2) is 18.4 Å². The summed E-state index contributed by atoms with van der Waals surface area (Å²) in [6, 6.07) is 0.474. The number of ether oxygens (including phenoxy) is 5. The lowest BCUT2D eigenvalue weighted by molar-refractivity contribution is -0.457. The first-order chi connectivity index (χ1) is 23.2. The molecule has 2 saturated heterocycles. The van der Waals surface area contributed by atoms with Gasteiger partial charge < -0.3 is 24.3 Å². The summed E-state index contributed by atoms with van der Waals surface area (Å²) in [5.41, 5.74) is 2.58. The van der Waals surface area contributed by atoms with Crippen molar-refractivity contribution < 1.29 is 76.2 Å². The highest BCUT2D eigenvalue weighted by Crippen LogP contribution is 2.49. The number of amides is 1. The van der Waals surface area contributed by atoms with Crippen molar-refractivity contribution in [2.24, 2.45) is 5.92 Å². The van der Waals surface area contributed by atoms with Crippen molar-refractivity contribution in [2.75, 3.05) is 19.8 Å². The third-order valence-electron chi connectivity index (χ3n) is 8.09. The third-order valence-corrected chi connectivity index (χ3v) is 11.1. The van der Waals surface area contributed by atoms with Gasteiger partial charge in [-0.25, -0.2) is 4.74 Å². The van der Waals surface area contributed by atoms with Crippen LogP contribution < -0.4 is 5.32 Å². The minimum absolute atomic E-state index is 0.0757. The molecule has 0 aromatic heterocycles. The van der Waals surface area contributed by atoms with E-state index in [0.717, 1.165) is 0 Å². The Balaban J connectivity index is 2.13. The quantitative estimate of drug-likeness (QED) is 0.0424. The lowest BCUT2D eigenvalue weighted by atomic mass is 9.89. The Labute approximate surface area is 294 Å². The Kier molecular flexibility index (Phi) is 15.8. The molecule has 298 valence electrons. The lowest BCUT2D eigenvalue weighted by Crippen LogP contribution is -2.63. The zero-order valence-electron chi connectivity index (χ0n) is 29.6. The number of rotatable bonds is 21. The summed E-state index contributed by atoms with van der Waals surface area (Å²) in [5.74, 6) is -8.53. The van der Waals surface area contributed by atoms with E-state index in [1.807, 2.05) is 19.6 Å². The van der Waals surface area contributed by atoms with Gasteiger partial charge in [-0.3, -0.25) is 8.98 Å². The van der Waals surface area contributed by atoms with Gasteiger partial charge in [0.25, 0.3) is 0 Å². The van der Waals surface area contributed by atoms with Crippen LogP contribution in [-0.4, -0.2) is 95.9 Å². The van der Waals surface area contributed by atoms with Crippen LogP contribution in [0.1, 0.15) is 65.7 Å². The Morgan fingerprint density at radius 1 is 1.04 bits per heavy atom. The first-order valence-electron chi connectivity index (χ1n) is 16.5. The summed E-state index contributed by atoms with van der Waals surface area (Å²) < 4.78 is 172. The van der Waals surface area contributed by atoms with Crippen molar-refractivity contribution in [3.05, 3.63) is 18.4 Å². The molecule has 2 fully saturated rings. The molecule has 0 aromatic carbocycles. The molecule has 2 aliphatic rings. The van der Waals surface area contributed by atoms with Gasteiger partial charge in [0.15, 0.2) is 12.1 Å². The minimum atomic E-state index is -6.94. The van der Waals surface area contributed by atoms with E-state index >= 15 is 8.78 Å². The van der Waals surface area contributed by atoms with Gasteiger partial charge in [0.1, 0.15) is 12.2 Å². The molecule has 1 N–H and O–H groups in total. The van der Waals surface area contributed by atoms with Crippen LogP contribution in [0.5, 0.6) is 0 Å². The van der Waals surface area contributed by atoms with E-state index in [4.69, 9.17) is 18.9 Å². The van der Waals surface area contributed by atoms with Gasteiger partial charge in [0.05, 0.1) is 12.7 Å². The van der Waals surface area contributed by atoms with Crippen molar-refractivity contribution in [1.29, 1.82) is 0 Å². The second-order valence-corrected chi connectivity index (χ2v) is 21.4. The maximum absolute atomic E-state index is 15.0. The fourth-order valence-electron chi connectivity index (χ4n) is 5.03. The molecule has 0 bridgehead atoms. The van der Waals surface area contributed by atoms with Gasteiger partial charge in [-0.1, -0.05) is 33.1 Å². The maximum atomic E-state index is 15.0. The summed E-state index contributed by atoms with van der Waals surface area (Å²) in [6.45, 7) is 13.6. The van der Waals surface area contributed by atoms with E-state index in [0.29, 0.717) is 25.3 Å². The predicted octanol–water partition coefficient (Wildman–Crippen LogP) is 7.19. The van der Waals surface area contributed by atoms with Gasteiger partial charge in [-0.05, 0) is 58.1 Å². The van der Waals surface area contributed by atoms with Crippen LogP contribution >= 0.6 is 0 Å². The summed E-state index contributed by atoms with van der Waals surface area (Å²) in [4.78, 5) is 11.8. The number of hydrogen-bond donors (Lipinski definition) is 1. The Hall–Kier alpha value is -1.64. The molecule has 0 radical (unpaired) electrons. The summed E-state index contributed by atoms with van der Waals surface area (Å²) in [7, 11) is -8.72. The molecule has 2 rings (SSSR count). The molecule has 1 amide bonds. The van der Waals surface area contributed by atoms with E-state index in [-0.39, 0.29) is 32.6 Å². The van der Waals surface area contributed by atoms with Gasteiger partial charge in [0.2, 0.25) is 5.91 Å². The Bertz CT molecular complexity index is 1310. The summed E-state index contributed by atoms with van der Waals surface area (Å²) in [6.07, 6.45) is -18.7. The molecule has 0 spiro atoms. The number of fused-ring (bicyclic) bond motifs is 1. The van der Waals surface area contributed by atoms with Crippen LogP contribution in [0.2, 0.25) is 25.7 Å². The molecular weight excluding hydrogens is 742 g/mol. The fourth-order valence-corrected chi connectivity index (χ4v) is 6.77. The average molecular weight is 792 g/mol. The number of alkyl halides is 8. The van der Waals surface area contributed by atoms with E-state index in [2.05, 4.69) is 26.5 Å². The molecule has 10 nitrogen and oxygen atoms in total. The highest BCUT2D eigenvalue weighted by atomic mass is 32.2. The zero-order valence-corrected chi connectivity index (χ0v) is 31.4. The van der Waals surface area contributed by atoms with Crippen LogP contribution in [-0.2, 0) is 42.8 Å². The molecule has 0 aromatic rings. The third kappa shape index (κ3) is 12.7. The zero-order chi connectivity index (χ0) is 39.1. The van der Waals surface area contributed by atoms with Gasteiger partial charge in [0, 0.05) is 40.0 Å². The van der Waals surface area contributed by atoms with E-state index in [9.17, 15) is 39.6 Å². The molecule has 5 atom stereocenters. The van der Waals surface area contributed by atoms with Crippen LogP contribution in [0.25, 0.3) is 0 Å². The number of allylic oxidation sites excluding steroid dienone is 1. The maximum Gasteiger partial charge on any atom is 0.460 e. The van der Waals surface area contributed by atoms with Gasteiger partial charge >= 0.3 is 33.5 Å². The van der Waals surface area contributed by atoms with Gasteiger partial charge in [-0.15, -0.1) is 5.73 Å². The Morgan fingerprint density at radius 2 is 1.69 bits per heavy atom. The van der Waals surface area contributed by atoms with Crippen molar-refractivity contribution in [3.63, 3.8) is 0 Å². The van der Waals surface area contributed by atoms with E-state index in [1.54, 1.807) is 6.08 Å².